The van der Waals surface area contributed by atoms with Gasteiger partial charge in [-0.1, -0.05) is 42.5 Å². The quantitative estimate of drug-likeness (QED) is 0.854. The minimum Gasteiger partial charge on any atom is -0.389 e. The minimum atomic E-state index is -0.325. The number of hydrogen-bond donors (Lipinski definition) is 1. The predicted octanol–water partition coefficient (Wildman–Crippen LogP) is 3.49. The van der Waals surface area contributed by atoms with Crippen molar-refractivity contribution in [3.8, 4) is 0 Å². The Morgan fingerprint density at radius 2 is 1.85 bits per heavy atom. The van der Waals surface area contributed by atoms with E-state index in [1.54, 1.807) is 18.2 Å². The van der Waals surface area contributed by atoms with Gasteiger partial charge in [0.2, 0.25) is 0 Å². The summed E-state index contributed by atoms with van der Waals surface area (Å²) in [6.45, 7) is 3.33. The van der Waals surface area contributed by atoms with Crippen molar-refractivity contribution >= 4 is 22.9 Å². The molecule has 0 atom stereocenters. The van der Waals surface area contributed by atoms with Crippen LogP contribution in [-0.2, 0) is 6.54 Å². The molecule has 2 rings (SSSR count). The molecule has 0 aliphatic heterocycles. The van der Waals surface area contributed by atoms with E-state index in [4.69, 9.17) is 18.0 Å². The number of nitrogens with zero attached hydrogens (tertiary/aromatic N) is 1. The summed E-state index contributed by atoms with van der Waals surface area (Å²) in [7, 11) is 0. The van der Waals surface area contributed by atoms with Crippen molar-refractivity contribution in [1.29, 1.82) is 0 Å². The SMILES string of the molecule is CCN(Cc1cccc(C(N)=S)c1F)c1ccccc1. The Balaban J connectivity index is 2.29. The topological polar surface area (TPSA) is 29.3 Å². The molecule has 104 valence electrons. The lowest BCUT2D eigenvalue weighted by Gasteiger charge is -2.23. The first-order valence-electron chi connectivity index (χ1n) is 6.50. The molecule has 4 heteroatoms. The predicted molar refractivity (Wildman–Crippen MR) is 85.5 cm³/mol. The van der Waals surface area contributed by atoms with Crippen LogP contribution < -0.4 is 10.6 Å². The summed E-state index contributed by atoms with van der Waals surface area (Å²) < 4.78 is 14.3. The fourth-order valence-corrected chi connectivity index (χ4v) is 2.28. The van der Waals surface area contributed by atoms with Gasteiger partial charge in [0.05, 0.1) is 0 Å². The lowest BCUT2D eigenvalue weighted by Crippen LogP contribution is -2.23. The highest BCUT2D eigenvalue weighted by Crippen LogP contribution is 2.19. The third kappa shape index (κ3) is 3.14. The number of thiocarbonyl (C=S) groups is 1. The van der Waals surface area contributed by atoms with Crippen molar-refractivity contribution < 1.29 is 4.39 Å². The zero-order chi connectivity index (χ0) is 14.5. The second-order valence-electron chi connectivity index (χ2n) is 4.49. The molecule has 0 aliphatic carbocycles. The molecule has 0 bridgehead atoms. The molecule has 0 unspecified atom stereocenters. The van der Waals surface area contributed by atoms with E-state index >= 15 is 0 Å². The van der Waals surface area contributed by atoms with Crippen LogP contribution in [-0.4, -0.2) is 11.5 Å². The van der Waals surface area contributed by atoms with Crippen LogP contribution in [0.4, 0.5) is 10.1 Å². The first-order valence-corrected chi connectivity index (χ1v) is 6.91. The van der Waals surface area contributed by atoms with E-state index < -0.39 is 0 Å². The summed E-state index contributed by atoms with van der Waals surface area (Å²) in [4.78, 5) is 2.19. The van der Waals surface area contributed by atoms with Gasteiger partial charge in [0.25, 0.3) is 0 Å². The molecular weight excluding hydrogens is 271 g/mol. The summed E-state index contributed by atoms with van der Waals surface area (Å²) in [5.74, 6) is -0.325. The Kier molecular flexibility index (Phi) is 4.69. The van der Waals surface area contributed by atoms with Gasteiger partial charge in [-0.15, -0.1) is 0 Å². The highest BCUT2D eigenvalue weighted by molar-refractivity contribution is 7.80. The molecule has 0 amide bonds. The van der Waals surface area contributed by atoms with Gasteiger partial charge in [0.15, 0.2) is 0 Å². The maximum absolute atomic E-state index is 14.3. The summed E-state index contributed by atoms with van der Waals surface area (Å²) in [5, 5.41) is 0. The molecule has 0 aromatic heterocycles. The van der Waals surface area contributed by atoms with Gasteiger partial charge < -0.3 is 10.6 Å². The second-order valence-corrected chi connectivity index (χ2v) is 4.93. The fourth-order valence-electron chi connectivity index (χ4n) is 2.12. The number of anilines is 1. The Labute approximate surface area is 124 Å². The molecule has 2 aromatic carbocycles. The van der Waals surface area contributed by atoms with Crippen LogP contribution in [0, 0.1) is 5.82 Å². The Morgan fingerprint density at radius 1 is 1.15 bits per heavy atom. The van der Waals surface area contributed by atoms with Gasteiger partial charge in [-0.05, 0) is 25.1 Å². The third-order valence-electron chi connectivity index (χ3n) is 3.21. The van der Waals surface area contributed by atoms with Gasteiger partial charge in [-0.2, -0.15) is 0 Å². The van der Waals surface area contributed by atoms with Crippen LogP contribution in [0.1, 0.15) is 18.1 Å². The number of rotatable bonds is 5. The van der Waals surface area contributed by atoms with Crippen LogP contribution in [0.25, 0.3) is 0 Å². The zero-order valence-electron chi connectivity index (χ0n) is 11.3. The van der Waals surface area contributed by atoms with Crippen LogP contribution in [0.2, 0.25) is 0 Å². The summed E-state index contributed by atoms with van der Waals surface area (Å²) in [5.41, 5.74) is 7.51. The monoisotopic (exact) mass is 288 g/mol. The molecule has 0 fully saturated rings. The second kappa shape index (κ2) is 6.48. The first kappa shape index (κ1) is 14.5. The molecule has 20 heavy (non-hydrogen) atoms. The van der Waals surface area contributed by atoms with Crippen molar-refractivity contribution in [1.82, 2.24) is 0 Å². The highest BCUT2D eigenvalue weighted by atomic mass is 32.1. The van der Waals surface area contributed by atoms with Gasteiger partial charge in [-0.25, -0.2) is 4.39 Å². The van der Waals surface area contributed by atoms with E-state index in [1.807, 2.05) is 37.3 Å². The van der Waals surface area contributed by atoms with E-state index in [1.165, 1.54) is 0 Å². The molecule has 0 radical (unpaired) electrons. The smallest absolute Gasteiger partial charge is 0.138 e. The number of hydrogen-bond acceptors (Lipinski definition) is 2. The number of benzene rings is 2. The van der Waals surface area contributed by atoms with Crippen molar-refractivity contribution in [2.75, 3.05) is 11.4 Å². The van der Waals surface area contributed by atoms with Crippen molar-refractivity contribution in [2.45, 2.75) is 13.5 Å². The van der Waals surface area contributed by atoms with E-state index in [0.29, 0.717) is 17.7 Å². The molecule has 0 saturated heterocycles. The lowest BCUT2D eigenvalue weighted by molar-refractivity contribution is 0.603. The van der Waals surface area contributed by atoms with E-state index in [2.05, 4.69) is 4.90 Å². The molecular formula is C16H17FN2S. The number of para-hydroxylation sites is 1. The molecule has 0 heterocycles. The number of nitrogens with two attached hydrogens (primary N) is 1. The van der Waals surface area contributed by atoms with Crippen molar-refractivity contribution in [3.05, 3.63) is 65.5 Å². The van der Waals surface area contributed by atoms with Gasteiger partial charge >= 0.3 is 0 Å². The molecule has 0 aliphatic rings. The normalized spacial score (nSPS) is 10.3. The van der Waals surface area contributed by atoms with Crippen LogP contribution in [0.5, 0.6) is 0 Å². The molecule has 2 aromatic rings. The van der Waals surface area contributed by atoms with Crippen molar-refractivity contribution in [3.63, 3.8) is 0 Å². The van der Waals surface area contributed by atoms with Crippen molar-refractivity contribution in [2.24, 2.45) is 5.73 Å². The maximum atomic E-state index is 14.3. The Hall–Kier alpha value is -1.94. The van der Waals surface area contributed by atoms with Crippen LogP contribution in [0.3, 0.4) is 0 Å². The largest absolute Gasteiger partial charge is 0.389 e. The zero-order valence-corrected chi connectivity index (χ0v) is 12.2. The third-order valence-corrected chi connectivity index (χ3v) is 3.43. The highest BCUT2D eigenvalue weighted by Gasteiger charge is 2.13. The molecule has 0 spiro atoms. The average Bonchev–Trinajstić information content (AvgIpc) is 2.47. The fraction of sp³-hybridized carbons (Fsp3) is 0.188. The number of halogens is 1. The molecule has 0 saturated carbocycles. The van der Waals surface area contributed by atoms with Crippen LogP contribution in [0.15, 0.2) is 48.5 Å². The minimum absolute atomic E-state index is 0.0899. The molecule has 2 N–H and O–H groups in total. The van der Waals surface area contributed by atoms with Crippen LogP contribution >= 0.6 is 12.2 Å². The summed E-state index contributed by atoms with van der Waals surface area (Å²) >= 11 is 4.87. The maximum Gasteiger partial charge on any atom is 0.138 e. The Morgan fingerprint density at radius 3 is 2.45 bits per heavy atom. The lowest BCUT2D eigenvalue weighted by atomic mass is 10.1. The Bertz CT molecular complexity index is 599. The summed E-state index contributed by atoms with van der Waals surface area (Å²) in [6.07, 6.45) is 0. The van der Waals surface area contributed by atoms with E-state index in [-0.39, 0.29) is 10.8 Å². The summed E-state index contributed by atoms with van der Waals surface area (Å²) in [6, 6.07) is 15.1. The molecule has 2 nitrogen and oxygen atoms in total. The van der Waals surface area contributed by atoms with Gasteiger partial charge in [0, 0.05) is 29.9 Å². The van der Waals surface area contributed by atoms with E-state index in [9.17, 15) is 4.39 Å². The van der Waals surface area contributed by atoms with E-state index in [0.717, 1.165) is 12.2 Å². The average molecular weight is 288 g/mol. The van der Waals surface area contributed by atoms with Gasteiger partial charge in [-0.3, -0.25) is 0 Å². The standard InChI is InChI=1S/C16H17FN2S/c1-2-19(13-8-4-3-5-9-13)11-12-7-6-10-14(15(12)17)16(18)20/h3-10H,2,11H2,1H3,(H2,18,20). The van der Waals surface area contributed by atoms with Gasteiger partial charge in [0.1, 0.15) is 10.8 Å². The first-order chi connectivity index (χ1) is 9.63.